The van der Waals surface area contributed by atoms with Crippen LogP contribution in [0.4, 0.5) is 0 Å². The van der Waals surface area contributed by atoms with E-state index in [1.807, 2.05) is 31.2 Å². The lowest BCUT2D eigenvalue weighted by Gasteiger charge is -2.08. The Labute approximate surface area is 139 Å². The van der Waals surface area contributed by atoms with Crippen LogP contribution in [0.3, 0.4) is 0 Å². The highest BCUT2D eigenvalue weighted by molar-refractivity contribution is 14.0. The normalized spacial score (nSPS) is 10.5. The molecule has 0 aliphatic rings. The third-order valence-corrected chi connectivity index (χ3v) is 2.49. The molecule has 3 N–H and O–H groups in total. The highest BCUT2D eigenvalue weighted by Gasteiger charge is 1.95. The predicted octanol–water partition coefficient (Wildman–Crippen LogP) is 2.93. The molecule has 106 valence electrons. The summed E-state index contributed by atoms with van der Waals surface area (Å²) >= 11 is 3.39. The summed E-state index contributed by atoms with van der Waals surface area (Å²) in [6.07, 6.45) is 0. The molecule has 19 heavy (non-hydrogen) atoms. The Morgan fingerprint density at radius 2 is 2.26 bits per heavy atom. The summed E-state index contributed by atoms with van der Waals surface area (Å²) < 4.78 is 6.54. The van der Waals surface area contributed by atoms with Crippen molar-refractivity contribution in [3.63, 3.8) is 0 Å². The summed E-state index contributed by atoms with van der Waals surface area (Å²) in [7, 11) is 0. The summed E-state index contributed by atoms with van der Waals surface area (Å²) in [5.74, 6) is 1.24. The second-order valence-electron chi connectivity index (χ2n) is 3.89. The number of aliphatic imine (C=N–C) groups is 1. The van der Waals surface area contributed by atoms with Crippen LogP contribution in [0, 0.1) is 0 Å². The van der Waals surface area contributed by atoms with E-state index in [0.717, 1.165) is 15.8 Å². The number of nitrogens with one attached hydrogen (secondary N) is 1. The number of hydrogen-bond acceptors (Lipinski definition) is 2. The fourth-order valence-corrected chi connectivity index (χ4v) is 1.56. The summed E-state index contributed by atoms with van der Waals surface area (Å²) in [5.41, 5.74) is 6.64. The summed E-state index contributed by atoms with van der Waals surface area (Å²) in [6, 6.07) is 7.70. The van der Waals surface area contributed by atoms with E-state index in [4.69, 9.17) is 10.5 Å². The highest BCUT2D eigenvalue weighted by Crippen LogP contribution is 2.17. The van der Waals surface area contributed by atoms with Crippen LogP contribution in [0.2, 0.25) is 0 Å². The minimum atomic E-state index is 0. The van der Waals surface area contributed by atoms with Gasteiger partial charge in [-0.2, -0.15) is 0 Å². The van der Waals surface area contributed by atoms with Crippen LogP contribution in [-0.2, 0) is 0 Å². The Balaban J connectivity index is 0.00000324. The number of guanidine groups is 1. The van der Waals surface area contributed by atoms with Crippen molar-refractivity contribution in [3.8, 4) is 5.75 Å². The van der Waals surface area contributed by atoms with Crippen molar-refractivity contribution in [2.75, 3.05) is 19.7 Å². The third kappa shape index (κ3) is 8.88. The van der Waals surface area contributed by atoms with Gasteiger partial charge in [0.05, 0.1) is 13.1 Å². The predicted molar refractivity (Wildman–Crippen MR) is 94.4 cm³/mol. The molecule has 0 unspecified atom stereocenters. The molecule has 0 aliphatic carbocycles. The monoisotopic (exact) mass is 439 g/mol. The van der Waals surface area contributed by atoms with Gasteiger partial charge in [-0.05, 0) is 25.1 Å². The molecule has 1 aromatic rings. The highest BCUT2D eigenvalue weighted by atomic mass is 127. The van der Waals surface area contributed by atoms with E-state index in [2.05, 4.69) is 32.8 Å². The van der Waals surface area contributed by atoms with Gasteiger partial charge in [-0.25, -0.2) is 4.99 Å². The zero-order chi connectivity index (χ0) is 13.4. The zero-order valence-corrected chi connectivity index (χ0v) is 14.8. The number of nitrogens with two attached hydrogens (primary N) is 1. The van der Waals surface area contributed by atoms with Gasteiger partial charge in [-0.3, -0.25) is 0 Å². The molecule has 4 nitrogen and oxygen atoms in total. The fourth-order valence-electron chi connectivity index (χ4n) is 1.18. The van der Waals surface area contributed by atoms with Gasteiger partial charge < -0.3 is 15.8 Å². The molecule has 0 amide bonds. The van der Waals surface area contributed by atoms with Gasteiger partial charge >= 0.3 is 0 Å². The Kier molecular flexibility index (Phi) is 9.68. The average Bonchev–Trinajstić information content (AvgIpc) is 2.32. The smallest absolute Gasteiger partial charge is 0.189 e. The lowest BCUT2D eigenvalue weighted by atomic mass is 10.3. The number of nitrogens with zero attached hydrogens (tertiary/aromatic N) is 1. The van der Waals surface area contributed by atoms with E-state index >= 15 is 0 Å². The molecule has 0 aromatic heterocycles. The Bertz CT molecular complexity index is 438. The van der Waals surface area contributed by atoms with Crippen LogP contribution < -0.4 is 15.8 Å². The van der Waals surface area contributed by atoms with Gasteiger partial charge in [-0.15, -0.1) is 24.0 Å². The van der Waals surface area contributed by atoms with Crippen molar-refractivity contribution in [2.24, 2.45) is 10.7 Å². The first kappa shape index (κ1) is 18.2. The standard InChI is InChI=1S/C13H18BrN3O.HI/c1-10(2)9-17-13(15)16-6-7-18-12-5-3-4-11(14)8-12;/h3-5,8H,1,6-7,9H2,2H3,(H3,15,16,17);1H. The van der Waals surface area contributed by atoms with E-state index in [0.29, 0.717) is 25.7 Å². The molecule has 0 bridgehead atoms. The molecule has 1 rings (SSSR count). The van der Waals surface area contributed by atoms with Gasteiger partial charge in [0.15, 0.2) is 5.96 Å². The maximum Gasteiger partial charge on any atom is 0.189 e. The van der Waals surface area contributed by atoms with E-state index in [9.17, 15) is 0 Å². The minimum absolute atomic E-state index is 0. The number of hydrogen-bond donors (Lipinski definition) is 2. The Hall–Kier alpha value is -0.760. The molecule has 0 aliphatic heterocycles. The van der Waals surface area contributed by atoms with Gasteiger partial charge in [0.25, 0.3) is 0 Å². The van der Waals surface area contributed by atoms with E-state index < -0.39 is 0 Å². The third-order valence-electron chi connectivity index (χ3n) is 1.99. The maximum absolute atomic E-state index is 5.66. The Morgan fingerprint density at radius 1 is 1.53 bits per heavy atom. The molecular weight excluding hydrogens is 421 g/mol. The van der Waals surface area contributed by atoms with Gasteiger partial charge in [0.1, 0.15) is 12.4 Å². The van der Waals surface area contributed by atoms with Crippen LogP contribution in [0.1, 0.15) is 6.92 Å². The Morgan fingerprint density at radius 3 is 2.89 bits per heavy atom. The SMILES string of the molecule is C=C(C)CN=C(N)NCCOc1cccc(Br)c1.I. The molecule has 0 saturated carbocycles. The molecular formula is C13H19BrIN3O. The minimum Gasteiger partial charge on any atom is -0.492 e. The molecule has 0 fully saturated rings. The largest absolute Gasteiger partial charge is 0.492 e. The zero-order valence-electron chi connectivity index (χ0n) is 10.9. The van der Waals surface area contributed by atoms with Crippen LogP contribution in [0.25, 0.3) is 0 Å². The van der Waals surface area contributed by atoms with Crippen molar-refractivity contribution in [1.29, 1.82) is 0 Å². The van der Waals surface area contributed by atoms with Crippen molar-refractivity contribution >= 4 is 45.9 Å². The average molecular weight is 440 g/mol. The number of benzene rings is 1. The molecule has 0 spiro atoms. The van der Waals surface area contributed by atoms with Crippen molar-refractivity contribution in [1.82, 2.24) is 5.32 Å². The van der Waals surface area contributed by atoms with Crippen molar-refractivity contribution in [3.05, 3.63) is 40.9 Å². The fraction of sp³-hybridized carbons (Fsp3) is 0.308. The lowest BCUT2D eigenvalue weighted by Crippen LogP contribution is -2.34. The number of rotatable bonds is 6. The molecule has 0 heterocycles. The molecule has 6 heteroatoms. The van der Waals surface area contributed by atoms with E-state index in [-0.39, 0.29) is 24.0 Å². The second kappa shape index (κ2) is 10.1. The summed E-state index contributed by atoms with van der Waals surface area (Å²) in [5, 5.41) is 2.97. The molecule has 0 saturated heterocycles. The first-order valence-electron chi connectivity index (χ1n) is 5.64. The lowest BCUT2D eigenvalue weighted by molar-refractivity contribution is 0.322. The van der Waals surface area contributed by atoms with Gasteiger partial charge in [0.2, 0.25) is 0 Å². The van der Waals surface area contributed by atoms with Crippen LogP contribution in [0.15, 0.2) is 45.9 Å². The number of ether oxygens (including phenoxy) is 1. The topological polar surface area (TPSA) is 59.6 Å². The summed E-state index contributed by atoms with van der Waals surface area (Å²) in [4.78, 5) is 4.10. The second-order valence-corrected chi connectivity index (χ2v) is 4.81. The van der Waals surface area contributed by atoms with Crippen molar-refractivity contribution < 1.29 is 4.74 Å². The molecule has 0 radical (unpaired) electrons. The van der Waals surface area contributed by atoms with Gasteiger partial charge in [0, 0.05) is 4.47 Å². The van der Waals surface area contributed by atoms with Crippen LogP contribution in [0.5, 0.6) is 5.75 Å². The first-order chi connectivity index (χ1) is 8.58. The van der Waals surface area contributed by atoms with Crippen LogP contribution >= 0.6 is 39.9 Å². The van der Waals surface area contributed by atoms with E-state index in [1.165, 1.54) is 0 Å². The number of halogens is 2. The maximum atomic E-state index is 5.66. The van der Waals surface area contributed by atoms with Crippen molar-refractivity contribution in [2.45, 2.75) is 6.92 Å². The van der Waals surface area contributed by atoms with E-state index in [1.54, 1.807) is 0 Å². The first-order valence-corrected chi connectivity index (χ1v) is 6.44. The molecule has 1 aromatic carbocycles. The summed E-state index contributed by atoms with van der Waals surface area (Å²) in [6.45, 7) is 7.35. The van der Waals surface area contributed by atoms with Crippen LogP contribution in [-0.4, -0.2) is 25.7 Å². The quantitative estimate of drug-likeness (QED) is 0.235. The van der Waals surface area contributed by atoms with Gasteiger partial charge in [-0.1, -0.05) is 34.1 Å². The molecule has 0 atom stereocenters.